The molecule has 0 saturated carbocycles. The van der Waals surface area contributed by atoms with E-state index in [2.05, 4.69) is 5.32 Å². The molecule has 2 aromatic heterocycles. The molecule has 25 heavy (non-hydrogen) atoms. The van der Waals surface area contributed by atoms with Crippen molar-refractivity contribution < 1.29 is 13.6 Å². The largest absolute Gasteiger partial charge is 0.464 e. The third kappa shape index (κ3) is 3.31. The highest BCUT2D eigenvalue weighted by atomic mass is 16.4. The number of aryl methyl sites for hydroxylation is 2. The van der Waals surface area contributed by atoms with E-state index >= 15 is 0 Å². The van der Waals surface area contributed by atoms with Crippen molar-refractivity contribution in [1.82, 2.24) is 5.32 Å². The number of hydrogen-bond acceptors (Lipinski definition) is 4. The van der Waals surface area contributed by atoms with Crippen LogP contribution in [0.2, 0.25) is 0 Å². The van der Waals surface area contributed by atoms with Gasteiger partial charge in [0.25, 0.3) is 0 Å². The summed E-state index contributed by atoms with van der Waals surface area (Å²) in [5.41, 5.74) is 3.30. The van der Waals surface area contributed by atoms with Crippen LogP contribution in [0.4, 0.5) is 0 Å². The Morgan fingerprint density at radius 1 is 1.20 bits per heavy atom. The fourth-order valence-corrected chi connectivity index (χ4v) is 3.01. The van der Waals surface area contributed by atoms with Gasteiger partial charge in [0.15, 0.2) is 0 Å². The Labute approximate surface area is 146 Å². The monoisotopic (exact) mass is 341 g/mol. The minimum absolute atomic E-state index is 0.0469. The second-order valence-corrected chi connectivity index (χ2v) is 6.63. The zero-order valence-corrected chi connectivity index (χ0v) is 15.1. The molecule has 3 aromatic rings. The summed E-state index contributed by atoms with van der Waals surface area (Å²) in [5, 5.41) is 4.81. The van der Waals surface area contributed by atoms with Crippen molar-refractivity contribution in [2.45, 2.75) is 53.0 Å². The maximum absolute atomic E-state index is 12.4. The van der Waals surface area contributed by atoms with Crippen LogP contribution in [0, 0.1) is 13.8 Å². The van der Waals surface area contributed by atoms with E-state index in [0.717, 1.165) is 28.3 Å². The van der Waals surface area contributed by atoms with Crippen LogP contribution in [0.1, 0.15) is 43.4 Å². The lowest BCUT2D eigenvalue weighted by Gasteiger charge is -2.12. The zero-order valence-electron chi connectivity index (χ0n) is 15.1. The summed E-state index contributed by atoms with van der Waals surface area (Å²) in [4.78, 5) is 24.4. The molecule has 1 N–H and O–H groups in total. The summed E-state index contributed by atoms with van der Waals surface area (Å²) in [6, 6.07) is 3.88. The molecule has 2 heterocycles. The van der Waals surface area contributed by atoms with E-state index < -0.39 is 0 Å². The molecule has 1 atom stereocenters. The summed E-state index contributed by atoms with van der Waals surface area (Å²) >= 11 is 0. The topological polar surface area (TPSA) is 72.5 Å². The van der Waals surface area contributed by atoms with Gasteiger partial charge < -0.3 is 14.2 Å². The highest BCUT2D eigenvalue weighted by Gasteiger charge is 2.15. The van der Waals surface area contributed by atoms with Gasteiger partial charge in [0.2, 0.25) is 5.91 Å². The van der Waals surface area contributed by atoms with Crippen LogP contribution in [0.3, 0.4) is 0 Å². The number of fused-ring (bicyclic) bond motifs is 2. The lowest BCUT2D eigenvalue weighted by atomic mass is 10.0. The molecule has 0 aliphatic rings. The first-order chi connectivity index (χ1) is 11.9. The van der Waals surface area contributed by atoms with Crippen molar-refractivity contribution in [3.63, 3.8) is 0 Å². The first-order valence-electron chi connectivity index (χ1n) is 8.64. The predicted octanol–water partition coefficient (Wildman–Crippen LogP) is 4.00. The van der Waals surface area contributed by atoms with E-state index in [-0.39, 0.29) is 24.0 Å². The average molecular weight is 341 g/mol. The van der Waals surface area contributed by atoms with Crippen LogP contribution in [0.25, 0.3) is 21.9 Å². The molecule has 1 aromatic carbocycles. The molecular weight excluding hydrogens is 318 g/mol. The van der Waals surface area contributed by atoms with E-state index in [9.17, 15) is 9.59 Å². The van der Waals surface area contributed by atoms with Gasteiger partial charge in [-0.05, 0) is 50.8 Å². The van der Waals surface area contributed by atoms with Gasteiger partial charge in [-0.15, -0.1) is 0 Å². The summed E-state index contributed by atoms with van der Waals surface area (Å²) in [6.07, 6.45) is 3.21. The van der Waals surface area contributed by atoms with Crippen LogP contribution >= 0.6 is 0 Å². The van der Waals surface area contributed by atoms with Crippen molar-refractivity contribution in [3.8, 4) is 0 Å². The number of furan rings is 1. The molecule has 0 spiro atoms. The van der Waals surface area contributed by atoms with Gasteiger partial charge in [-0.25, -0.2) is 4.79 Å². The summed E-state index contributed by atoms with van der Waals surface area (Å²) in [7, 11) is 0. The minimum atomic E-state index is -0.385. The number of carbonyl (C=O) groups is 1. The van der Waals surface area contributed by atoms with Crippen molar-refractivity contribution in [2.24, 2.45) is 0 Å². The SMILES string of the molecule is CC[C@@H](C)NC(=O)CCc1c(C)c2cc3c(C)coc3cc2oc1=O. The van der Waals surface area contributed by atoms with Crippen molar-refractivity contribution in [2.75, 3.05) is 0 Å². The van der Waals surface area contributed by atoms with Crippen LogP contribution in [0.5, 0.6) is 0 Å². The Bertz CT molecular complexity index is 996. The van der Waals surface area contributed by atoms with Gasteiger partial charge in [-0.3, -0.25) is 4.79 Å². The second kappa shape index (κ2) is 6.75. The molecule has 5 heteroatoms. The van der Waals surface area contributed by atoms with E-state index in [1.165, 1.54) is 0 Å². The number of nitrogens with one attached hydrogen (secondary N) is 1. The van der Waals surface area contributed by atoms with Crippen LogP contribution in [-0.4, -0.2) is 11.9 Å². The van der Waals surface area contributed by atoms with Gasteiger partial charge in [0, 0.05) is 34.9 Å². The second-order valence-electron chi connectivity index (χ2n) is 6.63. The van der Waals surface area contributed by atoms with E-state index in [4.69, 9.17) is 8.83 Å². The van der Waals surface area contributed by atoms with Gasteiger partial charge in [-0.2, -0.15) is 0 Å². The van der Waals surface area contributed by atoms with Gasteiger partial charge in [0.1, 0.15) is 11.2 Å². The third-order valence-corrected chi connectivity index (χ3v) is 4.80. The number of hydrogen-bond donors (Lipinski definition) is 1. The molecule has 0 aliphatic carbocycles. The van der Waals surface area contributed by atoms with E-state index in [0.29, 0.717) is 23.2 Å². The highest BCUT2D eigenvalue weighted by Crippen LogP contribution is 2.28. The first kappa shape index (κ1) is 17.3. The normalized spacial score (nSPS) is 12.6. The Morgan fingerprint density at radius 3 is 2.68 bits per heavy atom. The van der Waals surface area contributed by atoms with Crippen LogP contribution in [-0.2, 0) is 11.2 Å². The molecule has 0 radical (unpaired) electrons. The lowest BCUT2D eigenvalue weighted by molar-refractivity contribution is -0.121. The fourth-order valence-electron chi connectivity index (χ4n) is 3.01. The Morgan fingerprint density at radius 2 is 1.96 bits per heavy atom. The predicted molar refractivity (Wildman–Crippen MR) is 97.9 cm³/mol. The standard InChI is InChI=1S/C20H23NO4/c1-5-12(3)21-19(22)7-6-14-13(4)16-8-15-11(2)10-24-17(15)9-18(16)25-20(14)23/h8-10,12H,5-7H2,1-4H3,(H,21,22)/t12-/m1/s1. The van der Waals surface area contributed by atoms with Gasteiger partial charge in [-0.1, -0.05) is 6.92 Å². The molecule has 1 amide bonds. The fraction of sp³-hybridized carbons (Fsp3) is 0.400. The number of amides is 1. The van der Waals surface area contributed by atoms with Crippen LogP contribution < -0.4 is 10.9 Å². The maximum Gasteiger partial charge on any atom is 0.339 e. The Balaban J connectivity index is 1.95. The number of rotatable bonds is 5. The first-order valence-corrected chi connectivity index (χ1v) is 8.64. The van der Waals surface area contributed by atoms with Gasteiger partial charge >= 0.3 is 5.63 Å². The summed E-state index contributed by atoms with van der Waals surface area (Å²) in [6.45, 7) is 7.87. The zero-order chi connectivity index (χ0) is 18.1. The minimum Gasteiger partial charge on any atom is -0.464 e. The molecule has 0 fully saturated rings. The molecule has 0 aliphatic heterocycles. The van der Waals surface area contributed by atoms with Crippen molar-refractivity contribution in [1.29, 1.82) is 0 Å². The van der Waals surface area contributed by atoms with Crippen molar-refractivity contribution >= 4 is 27.8 Å². The highest BCUT2D eigenvalue weighted by molar-refractivity contribution is 5.96. The molecule has 132 valence electrons. The maximum atomic E-state index is 12.4. The van der Waals surface area contributed by atoms with E-state index in [1.807, 2.05) is 33.8 Å². The smallest absolute Gasteiger partial charge is 0.339 e. The Kier molecular flexibility index (Phi) is 4.66. The lowest BCUT2D eigenvalue weighted by Crippen LogP contribution is -2.32. The van der Waals surface area contributed by atoms with Gasteiger partial charge in [0.05, 0.1) is 6.26 Å². The van der Waals surface area contributed by atoms with Crippen LogP contribution in [0.15, 0.2) is 32.0 Å². The third-order valence-electron chi connectivity index (χ3n) is 4.80. The molecular formula is C20H23NO4. The molecule has 0 unspecified atom stereocenters. The molecule has 0 bridgehead atoms. The number of carbonyl (C=O) groups excluding carboxylic acids is 1. The number of benzene rings is 1. The molecule has 3 rings (SSSR count). The quantitative estimate of drug-likeness (QED) is 0.712. The summed E-state index contributed by atoms with van der Waals surface area (Å²) in [5.74, 6) is -0.0469. The van der Waals surface area contributed by atoms with E-state index in [1.54, 1.807) is 12.3 Å². The molecule has 0 saturated heterocycles. The molecule has 5 nitrogen and oxygen atoms in total. The average Bonchev–Trinajstić information content (AvgIpc) is 2.93. The Hall–Kier alpha value is -2.56. The van der Waals surface area contributed by atoms with Crippen molar-refractivity contribution in [3.05, 3.63) is 45.5 Å². The summed E-state index contributed by atoms with van der Waals surface area (Å²) < 4.78 is 11.0.